The highest BCUT2D eigenvalue weighted by Gasteiger charge is 2.15. The fraction of sp³-hybridized carbons (Fsp3) is 0.462. The second kappa shape index (κ2) is 7.24. The van der Waals surface area contributed by atoms with E-state index in [2.05, 4.69) is 5.32 Å². The summed E-state index contributed by atoms with van der Waals surface area (Å²) in [4.78, 5) is 11.9. The molecule has 0 bridgehead atoms. The molecular formula is C13H19ClN2O2. The van der Waals surface area contributed by atoms with Gasteiger partial charge < -0.3 is 15.8 Å². The van der Waals surface area contributed by atoms with Crippen molar-refractivity contribution in [1.29, 1.82) is 0 Å². The summed E-state index contributed by atoms with van der Waals surface area (Å²) in [5.41, 5.74) is 6.83. The Labute approximate surface area is 113 Å². The largest absolute Gasteiger partial charge is 0.398 e. The van der Waals surface area contributed by atoms with Crippen molar-refractivity contribution >= 4 is 24.0 Å². The highest BCUT2D eigenvalue weighted by atomic mass is 35.5. The zero-order chi connectivity index (χ0) is 12.1. The van der Waals surface area contributed by atoms with Crippen molar-refractivity contribution in [2.75, 3.05) is 25.5 Å². The van der Waals surface area contributed by atoms with E-state index in [4.69, 9.17) is 10.5 Å². The standard InChI is InChI=1S/C13H18N2O2.ClH/c14-12-4-2-1-3-11(12)13(16)15-9-10-5-7-17-8-6-10;/h1-4,10H,5-9,14H2,(H,15,16);1H. The van der Waals surface area contributed by atoms with Crippen LogP contribution in [-0.4, -0.2) is 25.7 Å². The van der Waals surface area contributed by atoms with Gasteiger partial charge in [0, 0.05) is 25.4 Å². The number of ether oxygens (including phenoxy) is 1. The molecule has 1 fully saturated rings. The van der Waals surface area contributed by atoms with E-state index in [0.717, 1.165) is 26.1 Å². The molecule has 100 valence electrons. The molecule has 1 aliphatic heterocycles. The van der Waals surface area contributed by atoms with Crippen LogP contribution in [0.25, 0.3) is 0 Å². The average Bonchev–Trinajstić information content (AvgIpc) is 2.38. The number of carbonyl (C=O) groups is 1. The SMILES string of the molecule is Cl.Nc1ccccc1C(=O)NCC1CCOCC1. The predicted molar refractivity (Wildman–Crippen MR) is 74.0 cm³/mol. The van der Waals surface area contributed by atoms with Crippen LogP contribution in [0.5, 0.6) is 0 Å². The van der Waals surface area contributed by atoms with Crippen LogP contribution in [0.3, 0.4) is 0 Å². The van der Waals surface area contributed by atoms with Gasteiger partial charge in [0.1, 0.15) is 0 Å². The molecule has 0 aliphatic carbocycles. The maximum Gasteiger partial charge on any atom is 0.253 e. The van der Waals surface area contributed by atoms with Crippen molar-refractivity contribution in [1.82, 2.24) is 5.32 Å². The molecule has 0 aromatic heterocycles. The van der Waals surface area contributed by atoms with Crippen LogP contribution in [0.1, 0.15) is 23.2 Å². The zero-order valence-corrected chi connectivity index (χ0v) is 11.0. The van der Waals surface area contributed by atoms with Crippen LogP contribution in [0.2, 0.25) is 0 Å². The maximum absolute atomic E-state index is 11.9. The molecule has 1 aromatic rings. The van der Waals surface area contributed by atoms with E-state index in [9.17, 15) is 4.79 Å². The van der Waals surface area contributed by atoms with Gasteiger partial charge in [0.2, 0.25) is 0 Å². The summed E-state index contributed by atoms with van der Waals surface area (Å²) >= 11 is 0. The van der Waals surface area contributed by atoms with Crippen molar-refractivity contribution in [2.24, 2.45) is 5.92 Å². The molecule has 3 N–H and O–H groups in total. The van der Waals surface area contributed by atoms with Crippen LogP contribution in [0.4, 0.5) is 5.69 Å². The second-order valence-corrected chi connectivity index (χ2v) is 4.35. The van der Waals surface area contributed by atoms with Gasteiger partial charge in [-0.05, 0) is 30.9 Å². The summed E-state index contributed by atoms with van der Waals surface area (Å²) < 4.78 is 5.28. The molecule has 1 heterocycles. The van der Waals surface area contributed by atoms with Gasteiger partial charge >= 0.3 is 0 Å². The summed E-state index contributed by atoms with van der Waals surface area (Å²) in [5, 5.41) is 2.94. The summed E-state index contributed by atoms with van der Waals surface area (Å²) in [6.45, 7) is 2.30. The maximum atomic E-state index is 11.9. The molecule has 1 aliphatic rings. The number of nitrogen functional groups attached to an aromatic ring is 1. The molecule has 0 atom stereocenters. The number of benzene rings is 1. The number of nitrogens with one attached hydrogen (secondary N) is 1. The first-order chi connectivity index (χ1) is 8.27. The van der Waals surface area contributed by atoms with E-state index in [1.807, 2.05) is 12.1 Å². The fourth-order valence-electron chi connectivity index (χ4n) is 1.99. The lowest BCUT2D eigenvalue weighted by atomic mass is 10.0. The minimum Gasteiger partial charge on any atom is -0.398 e. The van der Waals surface area contributed by atoms with Gasteiger partial charge in [-0.3, -0.25) is 4.79 Å². The van der Waals surface area contributed by atoms with E-state index in [1.165, 1.54) is 0 Å². The summed E-state index contributed by atoms with van der Waals surface area (Å²) in [6.07, 6.45) is 2.04. The van der Waals surface area contributed by atoms with E-state index in [-0.39, 0.29) is 18.3 Å². The van der Waals surface area contributed by atoms with Crippen LogP contribution in [0, 0.1) is 5.92 Å². The zero-order valence-electron chi connectivity index (χ0n) is 10.2. The fourth-order valence-corrected chi connectivity index (χ4v) is 1.99. The van der Waals surface area contributed by atoms with E-state index in [1.54, 1.807) is 12.1 Å². The lowest BCUT2D eigenvalue weighted by Crippen LogP contribution is -2.32. The number of carbonyl (C=O) groups excluding carboxylic acids is 1. The Kier molecular flexibility index (Phi) is 5.95. The molecule has 0 radical (unpaired) electrons. The van der Waals surface area contributed by atoms with Crippen molar-refractivity contribution < 1.29 is 9.53 Å². The van der Waals surface area contributed by atoms with Gasteiger partial charge in [-0.2, -0.15) is 0 Å². The lowest BCUT2D eigenvalue weighted by molar-refractivity contribution is 0.0643. The van der Waals surface area contributed by atoms with Gasteiger partial charge in [-0.25, -0.2) is 0 Å². The first-order valence-corrected chi connectivity index (χ1v) is 5.98. The van der Waals surface area contributed by atoms with Crippen molar-refractivity contribution in [3.05, 3.63) is 29.8 Å². The third-order valence-electron chi connectivity index (χ3n) is 3.10. The Morgan fingerprint density at radius 3 is 2.67 bits per heavy atom. The molecular weight excluding hydrogens is 252 g/mol. The number of hydrogen-bond acceptors (Lipinski definition) is 3. The normalized spacial score (nSPS) is 15.8. The summed E-state index contributed by atoms with van der Waals surface area (Å²) in [7, 11) is 0. The number of amides is 1. The number of anilines is 1. The average molecular weight is 271 g/mol. The minimum absolute atomic E-state index is 0. The Morgan fingerprint density at radius 1 is 1.33 bits per heavy atom. The molecule has 1 saturated heterocycles. The van der Waals surface area contributed by atoms with Crippen LogP contribution in [-0.2, 0) is 4.74 Å². The van der Waals surface area contributed by atoms with Crippen LogP contribution in [0.15, 0.2) is 24.3 Å². The molecule has 1 aromatic carbocycles. The molecule has 0 spiro atoms. The van der Waals surface area contributed by atoms with Gasteiger partial charge in [0.05, 0.1) is 5.56 Å². The Balaban J connectivity index is 0.00000162. The highest BCUT2D eigenvalue weighted by molar-refractivity contribution is 5.99. The van der Waals surface area contributed by atoms with Gasteiger partial charge in [0.15, 0.2) is 0 Å². The quantitative estimate of drug-likeness (QED) is 0.824. The van der Waals surface area contributed by atoms with Crippen LogP contribution >= 0.6 is 12.4 Å². The molecule has 0 saturated carbocycles. The highest BCUT2D eigenvalue weighted by Crippen LogP contribution is 2.14. The van der Waals surface area contributed by atoms with Crippen molar-refractivity contribution in [2.45, 2.75) is 12.8 Å². The van der Waals surface area contributed by atoms with Gasteiger partial charge in [-0.1, -0.05) is 12.1 Å². The summed E-state index contributed by atoms with van der Waals surface area (Å²) in [6, 6.07) is 7.13. The predicted octanol–water partition coefficient (Wildman–Crippen LogP) is 1.85. The smallest absolute Gasteiger partial charge is 0.253 e. The minimum atomic E-state index is -0.0883. The number of nitrogens with two attached hydrogens (primary N) is 1. The molecule has 4 nitrogen and oxygen atoms in total. The Morgan fingerprint density at radius 2 is 2.00 bits per heavy atom. The number of halogens is 1. The van der Waals surface area contributed by atoms with Gasteiger partial charge in [0.25, 0.3) is 5.91 Å². The topological polar surface area (TPSA) is 64.4 Å². The molecule has 5 heteroatoms. The van der Waals surface area contributed by atoms with Crippen LogP contribution < -0.4 is 11.1 Å². The van der Waals surface area contributed by atoms with Gasteiger partial charge in [-0.15, -0.1) is 12.4 Å². The molecule has 0 unspecified atom stereocenters. The Bertz CT molecular complexity index is 392. The van der Waals surface area contributed by atoms with E-state index in [0.29, 0.717) is 23.7 Å². The van der Waals surface area contributed by atoms with E-state index < -0.39 is 0 Å². The molecule has 2 rings (SSSR count). The third-order valence-corrected chi connectivity index (χ3v) is 3.10. The Hall–Kier alpha value is -1.26. The monoisotopic (exact) mass is 270 g/mol. The van der Waals surface area contributed by atoms with Crippen molar-refractivity contribution in [3.8, 4) is 0 Å². The third kappa shape index (κ3) is 3.89. The summed E-state index contributed by atoms with van der Waals surface area (Å²) in [5.74, 6) is 0.437. The van der Waals surface area contributed by atoms with E-state index >= 15 is 0 Å². The molecule has 18 heavy (non-hydrogen) atoms. The lowest BCUT2D eigenvalue weighted by Gasteiger charge is -2.22. The first-order valence-electron chi connectivity index (χ1n) is 5.98. The molecule has 1 amide bonds. The number of rotatable bonds is 3. The van der Waals surface area contributed by atoms with Crippen molar-refractivity contribution in [3.63, 3.8) is 0 Å². The first kappa shape index (κ1) is 14.8. The second-order valence-electron chi connectivity index (χ2n) is 4.35. The number of para-hydroxylation sites is 1. The number of hydrogen-bond donors (Lipinski definition) is 2.